The molecule has 0 spiro atoms. The standard InChI is InChI=1S/C14H10ClN3O2/c15-11-5-12-13(16-6-11)18(8-17-12)7-9-2-1-3-10(4-9)14(19)20/h1-6,8H,7H2,(H,19,20). The molecule has 2 aromatic heterocycles. The smallest absolute Gasteiger partial charge is 0.335 e. The Balaban J connectivity index is 1.97. The first-order valence-electron chi connectivity index (χ1n) is 5.92. The van der Waals surface area contributed by atoms with Crippen molar-refractivity contribution < 1.29 is 9.90 Å². The lowest BCUT2D eigenvalue weighted by Gasteiger charge is -2.05. The molecule has 0 atom stereocenters. The van der Waals surface area contributed by atoms with Crippen LogP contribution in [0, 0.1) is 0 Å². The Morgan fingerprint density at radius 1 is 1.30 bits per heavy atom. The van der Waals surface area contributed by atoms with Gasteiger partial charge in [-0.2, -0.15) is 0 Å². The van der Waals surface area contributed by atoms with Crippen molar-refractivity contribution in [3.05, 3.63) is 59.0 Å². The molecule has 0 radical (unpaired) electrons. The summed E-state index contributed by atoms with van der Waals surface area (Å²) in [5, 5.41) is 9.53. The lowest BCUT2D eigenvalue weighted by Crippen LogP contribution is -2.02. The van der Waals surface area contributed by atoms with Gasteiger partial charge in [0.2, 0.25) is 0 Å². The van der Waals surface area contributed by atoms with Crippen LogP contribution in [0.2, 0.25) is 5.02 Å². The fourth-order valence-electron chi connectivity index (χ4n) is 2.04. The SMILES string of the molecule is O=C(O)c1cccc(Cn2cnc3cc(Cl)cnc32)c1. The van der Waals surface area contributed by atoms with E-state index in [0.29, 0.717) is 17.1 Å². The molecule has 0 unspecified atom stereocenters. The van der Waals surface area contributed by atoms with E-state index < -0.39 is 5.97 Å². The molecule has 3 rings (SSSR count). The first-order chi connectivity index (χ1) is 9.63. The van der Waals surface area contributed by atoms with Gasteiger partial charge in [-0.05, 0) is 23.8 Å². The average molecular weight is 288 g/mol. The summed E-state index contributed by atoms with van der Waals surface area (Å²) in [5.41, 5.74) is 2.57. The number of hydrogen-bond acceptors (Lipinski definition) is 3. The lowest BCUT2D eigenvalue weighted by molar-refractivity contribution is 0.0696. The van der Waals surface area contributed by atoms with Gasteiger partial charge in [0, 0.05) is 6.20 Å². The third-order valence-corrected chi connectivity index (χ3v) is 3.16. The number of benzene rings is 1. The van der Waals surface area contributed by atoms with E-state index in [-0.39, 0.29) is 5.56 Å². The number of imidazole rings is 1. The minimum absolute atomic E-state index is 0.267. The fourth-order valence-corrected chi connectivity index (χ4v) is 2.19. The molecule has 20 heavy (non-hydrogen) atoms. The van der Waals surface area contributed by atoms with Gasteiger partial charge in [0.1, 0.15) is 5.52 Å². The van der Waals surface area contributed by atoms with Crippen molar-refractivity contribution in [1.82, 2.24) is 14.5 Å². The highest BCUT2D eigenvalue weighted by Gasteiger charge is 2.07. The summed E-state index contributed by atoms with van der Waals surface area (Å²) in [5.74, 6) is -0.938. The van der Waals surface area contributed by atoms with Crippen LogP contribution in [0.3, 0.4) is 0 Å². The Hall–Kier alpha value is -2.40. The number of carboxylic acid groups (broad SMARTS) is 1. The average Bonchev–Trinajstić information content (AvgIpc) is 2.81. The van der Waals surface area contributed by atoms with Gasteiger partial charge in [-0.1, -0.05) is 23.7 Å². The van der Waals surface area contributed by atoms with Gasteiger partial charge >= 0.3 is 5.97 Å². The zero-order valence-electron chi connectivity index (χ0n) is 10.3. The molecule has 0 bridgehead atoms. The van der Waals surface area contributed by atoms with E-state index >= 15 is 0 Å². The van der Waals surface area contributed by atoms with Gasteiger partial charge in [0.05, 0.1) is 23.5 Å². The Bertz CT molecular complexity index is 798. The summed E-state index contributed by atoms with van der Waals surface area (Å²) in [6, 6.07) is 8.55. The summed E-state index contributed by atoms with van der Waals surface area (Å²) in [6.45, 7) is 0.506. The zero-order chi connectivity index (χ0) is 14.1. The van der Waals surface area contributed by atoms with Gasteiger partial charge < -0.3 is 9.67 Å². The zero-order valence-corrected chi connectivity index (χ0v) is 11.1. The molecular weight excluding hydrogens is 278 g/mol. The number of aromatic carboxylic acids is 1. The molecule has 0 fully saturated rings. The third-order valence-electron chi connectivity index (χ3n) is 2.95. The molecule has 5 nitrogen and oxygen atoms in total. The van der Waals surface area contributed by atoms with Crippen molar-refractivity contribution >= 4 is 28.7 Å². The predicted octanol–water partition coefficient (Wildman–Crippen LogP) is 2.83. The molecule has 0 aliphatic rings. The van der Waals surface area contributed by atoms with E-state index in [2.05, 4.69) is 9.97 Å². The van der Waals surface area contributed by atoms with Gasteiger partial charge in [0.15, 0.2) is 5.65 Å². The van der Waals surface area contributed by atoms with Gasteiger partial charge in [0.25, 0.3) is 0 Å². The van der Waals surface area contributed by atoms with Crippen LogP contribution in [0.15, 0.2) is 42.9 Å². The fraction of sp³-hybridized carbons (Fsp3) is 0.0714. The highest BCUT2D eigenvalue weighted by molar-refractivity contribution is 6.31. The molecule has 1 N–H and O–H groups in total. The number of nitrogens with zero attached hydrogens (tertiary/aromatic N) is 3. The minimum atomic E-state index is -0.938. The molecule has 6 heteroatoms. The van der Waals surface area contributed by atoms with Gasteiger partial charge in [-0.15, -0.1) is 0 Å². The number of fused-ring (bicyclic) bond motifs is 1. The number of carboxylic acids is 1. The van der Waals surface area contributed by atoms with Crippen molar-refractivity contribution in [2.75, 3.05) is 0 Å². The second-order valence-electron chi connectivity index (χ2n) is 4.37. The number of halogens is 1. The van der Waals surface area contributed by atoms with Crippen molar-refractivity contribution in [3.63, 3.8) is 0 Å². The highest BCUT2D eigenvalue weighted by atomic mass is 35.5. The lowest BCUT2D eigenvalue weighted by atomic mass is 10.1. The van der Waals surface area contributed by atoms with Crippen LogP contribution in [-0.2, 0) is 6.54 Å². The topological polar surface area (TPSA) is 68.0 Å². The maximum atomic E-state index is 11.0. The van der Waals surface area contributed by atoms with E-state index in [0.717, 1.165) is 11.2 Å². The molecule has 0 saturated carbocycles. The maximum Gasteiger partial charge on any atom is 0.335 e. The Morgan fingerprint density at radius 2 is 2.15 bits per heavy atom. The number of rotatable bonds is 3. The molecule has 2 heterocycles. The summed E-state index contributed by atoms with van der Waals surface area (Å²) in [6.07, 6.45) is 3.23. The van der Waals surface area contributed by atoms with Gasteiger partial charge in [-0.25, -0.2) is 14.8 Å². The van der Waals surface area contributed by atoms with Crippen LogP contribution < -0.4 is 0 Å². The first kappa shape index (κ1) is 12.6. The number of aromatic nitrogens is 3. The number of carbonyl (C=O) groups is 1. The van der Waals surface area contributed by atoms with Crippen molar-refractivity contribution in [3.8, 4) is 0 Å². The van der Waals surface area contributed by atoms with E-state index in [1.807, 2.05) is 10.6 Å². The van der Waals surface area contributed by atoms with Crippen LogP contribution in [-0.4, -0.2) is 25.6 Å². The second-order valence-corrected chi connectivity index (χ2v) is 4.81. The molecule has 100 valence electrons. The molecule has 0 saturated heterocycles. The molecule has 3 aromatic rings. The van der Waals surface area contributed by atoms with E-state index in [1.54, 1.807) is 36.8 Å². The normalized spacial score (nSPS) is 10.8. The van der Waals surface area contributed by atoms with E-state index in [4.69, 9.17) is 16.7 Å². The van der Waals surface area contributed by atoms with Crippen LogP contribution >= 0.6 is 11.6 Å². The molecule has 0 aliphatic heterocycles. The van der Waals surface area contributed by atoms with Crippen LogP contribution in [0.25, 0.3) is 11.2 Å². The Kier molecular flexibility index (Phi) is 3.12. The van der Waals surface area contributed by atoms with Gasteiger partial charge in [-0.3, -0.25) is 0 Å². The first-order valence-corrected chi connectivity index (χ1v) is 6.30. The highest BCUT2D eigenvalue weighted by Crippen LogP contribution is 2.17. The minimum Gasteiger partial charge on any atom is -0.478 e. The van der Waals surface area contributed by atoms with Crippen LogP contribution in [0.5, 0.6) is 0 Å². The third kappa shape index (κ3) is 2.35. The molecule has 0 amide bonds. The molecule has 1 aromatic carbocycles. The molecule has 0 aliphatic carbocycles. The Labute approximate surface area is 119 Å². The largest absolute Gasteiger partial charge is 0.478 e. The van der Waals surface area contributed by atoms with Crippen molar-refractivity contribution in [1.29, 1.82) is 0 Å². The van der Waals surface area contributed by atoms with Crippen molar-refractivity contribution in [2.24, 2.45) is 0 Å². The number of pyridine rings is 1. The second kappa shape index (κ2) is 4.94. The quantitative estimate of drug-likeness (QED) is 0.804. The summed E-state index contributed by atoms with van der Waals surface area (Å²) >= 11 is 5.87. The maximum absolute atomic E-state index is 11.0. The predicted molar refractivity (Wildman–Crippen MR) is 75.0 cm³/mol. The van der Waals surface area contributed by atoms with E-state index in [9.17, 15) is 4.79 Å². The Morgan fingerprint density at radius 3 is 2.95 bits per heavy atom. The van der Waals surface area contributed by atoms with Crippen LogP contribution in [0.4, 0.5) is 0 Å². The summed E-state index contributed by atoms with van der Waals surface area (Å²) in [4.78, 5) is 19.4. The monoisotopic (exact) mass is 287 g/mol. The van der Waals surface area contributed by atoms with Crippen molar-refractivity contribution in [2.45, 2.75) is 6.54 Å². The van der Waals surface area contributed by atoms with Crippen LogP contribution in [0.1, 0.15) is 15.9 Å². The summed E-state index contributed by atoms with van der Waals surface area (Å²) < 4.78 is 1.85. The molecular formula is C14H10ClN3O2. The number of hydrogen-bond donors (Lipinski definition) is 1. The summed E-state index contributed by atoms with van der Waals surface area (Å²) in [7, 11) is 0. The van der Waals surface area contributed by atoms with E-state index in [1.165, 1.54) is 0 Å².